The first kappa shape index (κ1) is 14.7. The summed E-state index contributed by atoms with van der Waals surface area (Å²) < 4.78 is 2.97. The van der Waals surface area contributed by atoms with Crippen LogP contribution in [0.2, 0.25) is 5.02 Å². The third kappa shape index (κ3) is 2.54. The molecule has 0 spiro atoms. The van der Waals surface area contributed by atoms with Crippen LogP contribution in [-0.4, -0.2) is 26.9 Å². The number of para-hydroxylation sites is 1. The van der Waals surface area contributed by atoms with Crippen LogP contribution in [0.4, 0.5) is 0 Å². The Morgan fingerprint density at radius 1 is 1.13 bits per heavy atom. The molecule has 4 nitrogen and oxygen atoms in total. The maximum atomic E-state index is 12.8. The average Bonchev–Trinajstić information content (AvgIpc) is 2.93. The standard InChI is InChI=1S/C17H13BrClN3O/c18-13-2-1-3-14-15(13)22-9-8-21(17(23)16(22)20-14)10-11-4-6-12(19)7-5-11/h1-7H,8-10H2. The SMILES string of the molecule is O=C1c2nc3cccc(Br)c3n2CCN1Cc1ccc(Cl)cc1. The van der Waals surface area contributed by atoms with Crippen LogP contribution in [-0.2, 0) is 13.1 Å². The van der Waals surface area contributed by atoms with Gasteiger partial charge >= 0.3 is 0 Å². The van der Waals surface area contributed by atoms with Gasteiger partial charge in [-0.15, -0.1) is 0 Å². The Bertz CT molecular complexity index is 904. The molecule has 0 unspecified atom stereocenters. The van der Waals surface area contributed by atoms with Gasteiger partial charge in [0.2, 0.25) is 0 Å². The van der Waals surface area contributed by atoms with E-state index in [1.165, 1.54) is 0 Å². The van der Waals surface area contributed by atoms with Crippen LogP contribution in [0.1, 0.15) is 16.2 Å². The van der Waals surface area contributed by atoms with Crippen molar-refractivity contribution >= 4 is 44.5 Å². The highest BCUT2D eigenvalue weighted by molar-refractivity contribution is 9.10. The summed E-state index contributed by atoms with van der Waals surface area (Å²) in [5.41, 5.74) is 2.89. The maximum Gasteiger partial charge on any atom is 0.290 e. The predicted molar refractivity (Wildman–Crippen MR) is 93.6 cm³/mol. The third-order valence-corrected chi connectivity index (χ3v) is 4.97. The quantitative estimate of drug-likeness (QED) is 0.660. The monoisotopic (exact) mass is 389 g/mol. The lowest BCUT2D eigenvalue weighted by molar-refractivity contribution is 0.0685. The largest absolute Gasteiger partial charge is 0.330 e. The number of rotatable bonds is 2. The Kier molecular flexibility index (Phi) is 3.62. The normalized spacial score (nSPS) is 14.3. The fraction of sp³-hybridized carbons (Fsp3) is 0.176. The van der Waals surface area contributed by atoms with Gasteiger partial charge in [-0.2, -0.15) is 0 Å². The molecule has 6 heteroatoms. The second-order valence-electron chi connectivity index (χ2n) is 5.55. The van der Waals surface area contributed by atoms with E-state index in [1.807, 2.05) is 51.9 Å². The molecule has 1 aliphatic heterocycles. The number of benzene rings is 2. The minimum atomic E-state index is -0.0331. The van der Waals surface area contributed by atoms with E-state index in [0.29, 0.717) is 23.9 Å². The molecule has 116 valence electrons. The highest BCUT2D eigenvalue weighted by Crippen LogP contribution is 2.28. The molecule has 0 bridgehead atoms. The molecule has 1 aliphatic rings. The number of fused-ring (bicyclic) bond motifs is 3. The first-order valence-electron chi connectivity index (χ1n) is 7.32. The lowest BCUT2D eigenvalue weighted by atomic mass is 10.2. The lowest BCUT2D eigenvalue weighted by Crippen LogP contribution is -2.39. The molecular formula is C17H13BrClN3O. The van der Waals surface area contributed by atoms with Crippen molar-refractivity contribution in [2.75, 3.05) is 6.54 Å². The molecule has 0 fully saturated rings. The van der Waals surface area contributed by atoms with Gasteiger partial charge < -0.3 is 9.47 Å². The Labute approximate surface area is 146 Å². The van der Waals surface area contributed by atoms with Crippen LogP contribution in [0.3, 0.4) is 0 Å². The molecule has 1 amide bonds. The molecule has 4 rings (SSSR count). The first-order chi connectivity index (χ1) is 11.1. The van der Waals surface area contributed by atoms with Crippen LogP contribution in [0.25, 0.3) is 11.0 Å². The summed E-state index contributed by atoms with van der Waals surface area (Å²) in [6.07, 6.45) is 0. The molecular weight excluding hydrogens is 378 g/mol. The van der Waals surface area contributed by atoms with Crippen molar-refractivity contribution in [2.24, 2.45) is 0 Å². The number of carbonyl (C=O) groups is 1. The number of nitrogens with zero attached hydrogens (tertiary/aromatic N) is 3. The number of imidazole rings is 1. The van der Waals surface area contributed by atoms with E-state index in [-0.39, 0.29) is 5.91 Å². The van der Waals surface area contributed by atoms with E-state index < -0.39 is 0 Å². The second kappa shape index (κ2) is 5.65. The molecule has 0 saturated carbocycles. The molecule has 1 aromatic heterocycles. The molecule has 3 aromatic rings. The molecule has 0 radical (unpaired) electrons. The molecule has 0 aliphatic carbocycles. The zero-order valence-electron chi connectivity index (χ0n) is 12.2. The van der Waals surface area contributed by atoms with Crippen molar-refractivity contribution in [2.45, 2.75) is 13.1 Å². The highest BCUT2D eigenvalue weighted by Gasteiger charge is 2.28. The zero-order chi connectivity index (χ0) is 16.0. The van der Waals surface area contributed by atoms with Crippen molar-refractivity contribution in [3.63, 3.8) is 0 Å². The second-order valence-corrected chi connectivity index (χ2v) is 6.84. The molecule has 0 saturated heterocycles. The van der Waals surface area contributed by atoms with Crippen LogP contribution >= 0.6 is 27.5 Å². The number of amides is 1. The number of hydrogen-bond acceptors (Lipinski definition) is 2. The fourth-order valence-corrected chi connectivity index (χ4v) is 3.64. The first-order valence-corrected chi connectivity index (χ1v) is 8.49. The van der Waals surface area contributed by atoms with Gasteiger partial charge in [-0.3, -0.25) is 4.79 Å². The molecule has 23 heavy (non-hydrogen) atoms. The van der Waals surface area contributed by atoms with Crippen LogP contribution in [0.15, 0.2) is 46.9 Å². The maximum absolute atomic E-state index is 12.8. The van der Waals surface area contributed by atoms with E-state index in [4.69, 9.17) is 11.6 Å². The Hall–Kier alpha value is -1.85. The summed E-state index contributed by atoms with van der Waals surface area (Å²) in [6.45, 7) is 1.98. The van der Waals surface area contributed by atoms with Gasteiger partial charge in [-0.1, -0.05) is 29.8 Å². The molecule has 2 aromatic carbocycles. The minimum Gasteiger partial charge on any atom is -0.330 e. The minimum absolute atomic E-state index is 0.0331. The van der Waals surface area contributed by atoms with E-state index in [1.54, 1.807) is 0 Å². The summed E-state index contributed by atoms with van der Waals surface area (Å²) in [6, 6.07) is 13.4. The number of hydrogen-bond donors (Lipinski definition) is 0. The summed E-state index contributed by atoms with van der Waals surface area (Å²) in [7, 11) is 0. The fourth-order valence-electron chi connectivity index (χ4n) is 2.95. The Morgan fingerprint density at radius 2 is 1.91 bits per heavy atom. The van der Waals surface area contributed by atoms with E-state index in [9.17, 15) is 4.79 Å². The molecule has 0 N–H and O–H groups in total. The van der Waals surface area contributed by atoms with E-state index in [2.05, 4.69) is 20.9 Å². The van der Waals surface area contributed by atoms with Crippen LogP contribution < -0.4 is 0 Å². The zero-order valence-corrected chi connectivity index (χ0v) is 14.5. The third-order valence-electron chi connectivity index (χ3n) is 4.08. The number of aromatic nitrogens is 2. The Balaban J connectivity index is 1.68. The van der Waals surface area contributed by atoms with Crippen molar-refractivity contribution in [1.29, 1.82) is 0 Å². The number of halogens is 2. The van der Waals surface area contributed by atoms with Gasteiger partial charge in [0, 0.05) is 29.1 Å². The molecule has 0 atom stereocenters. The van der Waals surface area contributed by atoms with E-state index >= 15 is 0 Å². The van der Waals surface area contributed by atoms with Gasteiger partial charge in [0.25, 0.3) is 5.91 Å². The number of carbonyl (C=O) groups excluding carboxylic acids is 1. The predicted octanol–water partition coefficient (Wildman–Crippen LogP) is 4.11. The van der Waals surface area contributed by atoms with Crippen molar-refractivity contribution in [3.8, 4) is 0 Å². The van der Waals surface area contributed by atoms with Crippen LogP contribution in [0, 0.1) is 0 Å². The summed E-state index contributed by atoms with van der Waals surface area (Å²) in [4.78, 5) is 19.1. The van der Waals surface area contributed by atoms with Crippen molar-refractivity contribution in [3.05, 3.63) is 63.3 Å². The molecule has 2 heterocycles. The van der Waals surface area contributed by atoms with E-state index in [0.717, 1.165) is 27.6 Å². The van der Waals surface area contributed by atoms with Crippen LogP contribution in [0.5, 0.6) is 0 Å². The van der Waals surface area contributed by atoms with Gasteiger partial charge in [-0.05, 0) is 45.8 Å². The smallest absolute Gasteiger partial charge is 0.290 e. The highest BCUT2D eigenvalue weighted by atomic mass is 79.9. The summed E-state index contributed by atoms with van der Waals surface area (Å²) in [5.74, 6) is 0.474. The van der Waals surface area contributed by atoms with Gasteiger partial charge in [0.1, 0.15) is 0 Å². The van der Waals surface area contributed by atoms with Crippen molar-refractivity contribution < 1.29 is 4.79 Å². The Morgan fingerprint density at radius 3 is 2.70 bits per heavy atom. The van der Waals surface area contributed by atoms with Gasteiger partial charge in [-0.25, -0.2) is 4.98 Å². The van der Waals surface area contributed by atoms with Gasteiger partial charge in [0.05, 0.1) is 11.0 Å². The lowest BCUT2D eigenvalue weighted by Gasteiger charge is -2.28. The topological polar surface area (TPSA) is 38.1 Å². The van der Waals surface area contributed by atoms with Crippen molar-refractivity contribution in [1.82, 2.24) is 14.5 Å². The van der Waals surface area contributed by atoms with Gasteiger partial charge in [0.15, 0.2) is 5.82 Å². The summed E-state index contributed by atoms with van der Waals surface area (Å²) in [5, 5.41) is 0.699. The average molecular weight is 391 g/mol. The summed E-state index contributed by atoms with van der Waals surface area (Å²) >= 11 is 9.46.